The van der Waals surface area contributed by atoms with Gasteiger partial charge in [-0.15, -0.1) is 0 Å². The van der Waals surface area contributed by atoms with E-state index in [0.29, 0.717) is 0 Å². The van der Waals surface area contributed by atoms with Crippen LogP contribution in [0.4, 0.5) is 0 Å². The summed E-state index contributed by atoms with van der Waals surface area (Å²) in [5.74, 6) is 0.186. The maximum Gasteiger partial charge on any atom is 0.242 e. The third kappa shape index (κ3) is 3.19. The normalized spacial score (nSPS) is 21.3. The number of ether oxygens (including phenoxy) is 1. The van der Waals surface area contributed by atoms with Crippen molar-refractivity contribution < 1.29 is 9.53 Å². The summed E-state index contributed by atoms with van der Waals surface area (Å²) in [5, 5.41) is 3.23. The molecule has 0 unspecified atom stereocenters. The van der Waals surface area contributed by atoms with Crippen molar-refractivity contribution in [1.82, 2.24) is 10.2 Å². The number of carbonyl (C=O) groups is 1. The van der Waals surface area contributed by atoms with Gasteiger partial charge in [-0.2, -0.15) is 0 Å². The molecule has 4 nitrogen and oxygen atoms in total. The SMILES string of the molecule is COC(C)(C)CCN1CCNC(C)(C)C1=O. The highest BCUT2D eigenvalue weighted by Gasteiger charge is 2.35. The molecule has 0 aromatic rings. The Morgan fingerprint density at radius 3 is 2.69 bits per heavy atom. The summed E-state index contributed by atoms with van der Waals surface area (Å²) in [4.78, 5) is 14.0. The van der Waals surface area contributed by atoms with E-state index in [1.165, 1.54) is 0 Å². The van der Waals surface area contributed by atoms with Crippen LogP contribution in [0.5, 0.6) is 0 Å². The average molecular weight is 228 g/mol. The van der Waals surface area contributed by atoms with Gasteiger partial charge < -0.3 is 15.0 Å². The third-order valence-electron chi connectivity index (χ3n) is 3.31. The summed E-state index contributed by atoms with van der Waals surface area (Å²) in [6, 6.07) is 0. The van der Waals surface area contributed by atoms with Crippen molar-refractivity contribution in [1.29, 1.82) is 0 Å². The van der Waals surface area contributed by atoms with Crippen LogP contribution in [0.2, 0.25) is 0 Å². The van der Waals surface area contributed by atoms with E-state index in [1.807, 2.05) is 32.6 Å². The fourth-order valence-corrected chi connectivity index (χ4v) is 1.80. The maximum atomic E-state index is 12.1. The van der Waals surface area contributed by atoms with Crippen LogP contribution in [0, 0.1) is 0 Å². The summed E-state index contributed by atoms with van der Waals surface area (Å²) in [7, 11) is 1.71. The Balaban J connectivity index is 2.52. The van der Waals surface area contributed by atoms with Crippen molar-refractivity contribution in [2.45, 2.75) is 45.3 Å². The second-order valence-corrected chi connectivity index (χ2v) is 5.56. The molecule has 16 heavy (non-hydrogen) atoms. The van der Waals surface area contributed by atoms with Gasteiger partial charge >= 0.3 is 0 Å². The molecule has 1 rings (SSSR count). The van der Waals surface area contributed by atoms with E-state index in [0.717, 1.165) is 26.1 Å². The van der Waals surface area contributed by atoms with Gasteiger partial charge in [0.15, 0.2) is 0 Å². The summed E-state index contributed by atoms with van der Waals surface area (Å²) in [6.07, 6.45) is 0.866. The molecule has 1 amide bonds. The van der Waals surface area contributed by atoms with Crippen LogP contribution in [0.3, 0.4) is 0 Å². The predicted octanol–water partition coefficient (Wildman–Crippen LogP) is 1.01. The van der Waals surface area contributed by atoms with Crippen LogP contribution in [-0.2, 0) is 9.53 Å². The van der Waals surface area contributed by atoms with E-state index >= 15 is 0 Å². The Kier molecular flexibility index (Phi) is 3.97. The van der Waals surface area contributed by atoms with E-state index in [1.54, 1.807) is 7.11 Å². The number of nitrogens with zero attached hydrogens (tertiary/aromatic N) is 1. The Morgan fingerprint density at radius 2 is 2.12 bits per heavy atom. The zero-order valence-corrected chi connectivity index (χ0v) is 11.1. The quantitative estimate of drug-likeness (QED) is 0.781. The first-order valence-electron chi connectivity index (χ1n) is 5.88. The molecule has 1 saturated heterocycles. The van der Waals surface area contributed by atoms with Crippen LogP contribution in [0.25, 0.3) is 0 Å². The summed E-state index contributed by atoms with van der Waals surface area (Å²) in [6.45, 7) is 10.4. The number of rotatable bonds is 4. The van der Waals surface area contributed by atoms with Gasteiger partial charge in [-0.1, -0.05) is 0 Å². The number of hydrogen-bond acceptors (Lipinski definition) is 3. The minimum atomic E-state index is -0.421. The minimum absolute atomic E-state index is 0.157. The monoisotopic (exact) mass is 228 g/mol. The molecule has 0 saturated carbocycles. The molecule has 1 N–H and O–H groups in total. The van der Waals surface area contributed by atoms with Gasteiger partial charge in [0.25, 0.3) is 0 Å². The van der Waals surface area contributed by atoms with Crippen molar-refractivity contribution in [3.63, 3.8) is 0 Å². The minimum Gasteiger partial charge on any atom is -0.379 e. The molecule has 0 aromatic heterocycles. The third-order valence-corrected chi connectivity index (χ3v) is 3.31. The lowest BCUT2D eigenvalue weighted by Crippen LogP contribution is -2.61. The number of amides is 1. The first-order chi connectivity index (χ1) is 7.28. The van der Waals surface area contributed by atoms with E-state index in [-0.39, 0.29) is 11.5 Å². The number of nitrogens with one attached hydrogen (secondary N) is 1. The number of hydrogen-bond donors (Lipinski definition) is 1. The van der Waals surface area contributed by atoms with Gasteiger partial charge in [0.2, 0.25) is 5.91 Å². The topological polar surface area (TPSA) is 41.6 Å². The Labute approximate surface area is 98.3 Å². The van der Waals surface area contributed by atoms with Crippen molar-refractivity contribution in [3.8, 4) is 0 Å². The first kappa shape index (κ1) is 13.5. The van der Waals surface area contributed by atoms with Crippen LogP contribution in [0.1, 0.15) is 34.1 Å². The van der Waals surface area contributed by atoms with Gasteiger partial charge in [0.1, 0.15) is 0 Å². The second-order valence-electron chi connectivity index (χ2n) is 5.56. The van der Waals surface area contributed by atoms with E-state index in [9.17, 15) is 4.79 Å². The lowest BCUT2D eigenvalue weighted by atomic mass is 9.99. The Morgan fingerprint density at radius 1 is 1.50 bits per heavy atom. The molecule has 0 aliphatic carbocycles. The Bertz CT molecular complexity index is 262. The largest absolute Gasteiger partial charge is 0.379 e. The molecule has 0 spiro atoms. The fraction of sp³-hybridized carbons (Fsp3) is 0.917. The molecule has 0 bridgehead atoms. The van der Waals surface area contributed by atoms with Crippen LogP contribution in [0.15, 0.2) is 0 Å². The van der Waals surface area contributed by atoms with Gasteiger partial charge in [0.05, 0.1) is 11.1 Å². The smallest absolute Gasteiger partial charge is 0.242 e. The highest BCUT2D eigenvalue weighted by Crippen LogP contribution is 2.17. The van der Waals surface area contributed by atoms with Crippen molar-refractivity contribution >= 4 is 5.91 Å². The summed E-state index contributed by atoms with van der Waals surface area (Å²) in [5.41, 5.74) is -0.579. The molecule has 1 heterocycles. The zero-order valence-electron chi connectivity index (χ0n) is 11.1. The number of carbonyl (C=O) groups excluding carboxylic acids is 1. The van der Waals surface area contributed by atoms with Crippen molar-refractivity contribution in [2.75, 3.05) is 26.7 Å². The lowest BCUT2D eigenvalue weighted by Gasteiger charge is -2.39. The van der Waals surface area contributed by atoms with Gasteiger partial charge in [0, 0.05) is 26.7 Å². The van der Waals surface area contributed by atoms with Crippen LogP contribution in [-0.4, -0.2) is 48.7 Å². The fourth-order valence-electron chi connectivity index (χ4n) is 1.80. The highest BCUT2D eigenvalue weighted by molar-refractivity contribution is 5.86. The molecular formula is C12H24N2O2. The molecule has 1 fully saturated rings. The van der Waals surface area contributed by atoms with E-state index in [2.05, 4.69) is 5.32 Å². The van der Waals surface area contributed by atoms with Gasteiger partial charge in [-0.3, -0.25) is 4.79 Å². The average Bonchev–Trinajstić information content (AvgIpc) is 2.20. The van der Waals surface area contributed by atoms with Crippen LogP contribution < -0.4 is 5.32 Å². The molecule has 94 valence electrons. The molecule has 4 heteroatoms. The molecular weight excluding hydrogens is 204 g/mol. The van der Waals surface area contributed by atoms with Gasteiger partial charge in [-0.05, 0) is 34.1 Å². The molecule has 0 aromatic carbocycles. The van der Waals surface area contributed by atoms with E-state index in [4.69, 9.17) is 4.74 Å². The Hall–Kier alpha value is -0.610. The first-order valence-corrected chi connectivity index (χ1v) is 5.88. The van der Waals surface area contributed by atoms with E-state index < -0.39 is 5.54 Å². The molecule has 1 aliphatic rings. The molecule has 0 radical (unpaired) electrons. The van der Waals surface area contributed by atoms with Crippen molar-refractivity contribution in [2.24, 2.45) is 0 Å². The van der Waals surface area contributed by atoms with Gasteiger partial charge in [-0.25, -0.2) is 0 Å². The molecule has 0 atom stereocenters. The zero-order chi connectivity index (χ0) is 12.4. The standard InChI is InChI=1S/C12H24N2O2/c1-11(2,16-5)6-8-14-9-7-13-12(3,4)10(14)15/h13H,6-9H2,1-5H3. The second kappa shape index (κ2) is 4.72. The predicted molar refractivity (Wildman–Crippen MR) is 64.4 cm³/mol. The van der Waals surface area contributed by atoms with Crippen LogP contribution >= 0.6 is 0 Å². The number of methoxy groups -OCH3 is 1. The van der Waals surface area contributed by atoms with Crippen molar-refractivity contribution in [3.05, 3.63) is 0 Å². The maximum absolute atomic E-state index is 12.1. The lowest BCUT2D eigenvalue weighted by molar-refractivity contribution is -0.140. The molecule has 1 aliphatic heterocycles. The summed E-state index contributed by atoms with van der Waals surface area (Å²) < 4.78 is 5.36. The number of piperazine rings is 1. The summed E-state index contributed by atoms with van der Waals surface area (Å²) >= 11 is 0. The highest BCUT2D eigenvalue weighted by atomic mass is 16.5.